The SMILES string of the molecule is CCCOCc1nc(C)c(CNC(C)(C)C)c(C)n1. The number of aromatic nitrogens is 2. The summed E-state index contributed by atoms with van der Waals surface area (Å²) in [4.78, 5) is 9.06. The van der Waals surface area contributed by atoms with Crippen LogP contribution in [0.4, 0.5) is 0 Å². The highest BCUT2D eigenvalue weighted by Crippen LogP contribution is 2.12. The smallest absolute Gasteiger partial charge is 0.154 e. The van der Waals surface area contributed by atoms with Gasteiger partial charge in [0.1, 0.15) is 6.61 Å². The average Bonchev–Trinajstić information content (AvgIpc) is 2.26. The zero-order chi connectivity index (χ0) is 14.5. The van der Waals surface area contributed by atoms with Crippen LogP contribution < -0.4 is 5.32 Å². The van der Waals surface area contributed by atoms with Crippen molar-refractivity contribution in [2.24, 2.45) is 0 Å². The van der Waals surface area contributed by atoms with Crippen LogP contribution in [0.5, 0.6) is 0 Å². The molecule has 0 saturated heterocycles. The third-order valence-electron chi connectivity index (χ3n) is 2.84. The van der Waals surface area contributed by atoms with Gasteiger partial charge < -0.3 is 10.1 Å². The molecule has 0 unspecified atom stereocenters. The first-order valence-corrected chi connectivity index (χ1v) is 6.99. The summed E-state index contributed by atoms with van der Waals surface area (Å²) < 4.78 is 5.49. The van der Waals surface area contributed by atoms with E-state index in [9.17, 15) is 0 Å². The van der Waals surface area contributed by atoms with Gasteiger partial charge in [0.25, 0.3) is 0 Å². The number of hydrogen-bond donors (Lipinski definition) is 1. The van der Waals surface area contributed by atoms with Gasteiger partial charge in [0.05, 0.1) is 0 Å². The van der Waals surface area contributed by atoms with Crippen LogP contribution in [0.15, 0.2) is 0 Å². The van der Waals surface area contributed by atoms with Crippen molar-refractivity contribution in [3.05, 3.63) is 22.8 Å². The average molecular weight is 265 g/mol. The normalized spacial score (nSPS) is 11.9. The lowest BCUT2D eigenvalue weighted by Gasteiger charge is -2.22. The van der Waals surface area contributed by atoms with Gasteiger partial charge in [-0.15, -0.1) is 0 Å². The molecule has 1 rings (SSSR count). The number of nitrogens with zero attached hydrogens (tertiary/aromatic N) is 2. The van der Waals surface area contributed by atoms with Crippen LogP contribution in [0, 0.1) is 13.8 Å². The first-order valence-electron chi connectivity index (χ1n) is 6.99. The van der Waals surface area contributed by atoms with Crippen LogP contribution in [0.1, 0.15) is 56.9 Å². The Balaban J connectivity index is 2.74. The maximum Gasteiger partial charge on any atom is 0.154 e. The fraction of sp³-hybridized carbons (Fsp3) is 0.733. The molecule has 0 aliphatic carbocycles. The molecule has 0 fully saturated rings. The Morgan fingerprint density at radius 1 is 1.11 bits per heavy atom. The van der Waals surface area contributed by atoms with E-state index in [1.807, 2.05) is 13.8 Å². The summed E-state index contributed by atoms with van der Waals surface area (Å²) in [5.74, 6) is 0.781. The lowest BCUT2D eigenvalue weighted by atomic mass is 10.1. The summed E-state index contributed by atoms with van der Waals surface area (Å²) in [6, 6.07) is 0. The molecule has 1 aromatic rings. The minimum atomic E-state index is 0.0990. The molecule has 0 atom stereocenters. The molecule has 4 nitrogen and oxygen atoms in total. The number of hydrogen-bond acceptors (Lipinski definition) is 4. The standard InChI is InChI=1S/C15H27N3O/c1-7-8-19-10-14-17-11(2)13(12(3)18-14)9-16-15(4,5)6/h16H,7-10H2,1-6H3. The van der Waals surface area contributed by atoms with Gasteiger partial charge in [0, 0.05) is 35.6 Å². The molecule has 1 N–H and O–H groups in total. The summed E-state index contributed by atoms with van der Waals surface area (Å²) in [6.07, 6.45) is 1.02. The highest BCUT2D eigenvalue weighted by Gasteiger charge is 2.13. The van der Waals surface area contributed by atoms with E-state index in [0.29, 0.717) is 6.61 Å². The molecule has 4 heteroatoms. The van der Waals surface area contributed by atoms with Gasteiger partial charge in [-0.1, -0.05) is 6.92 Å². The van der Waals surface area contributed by atoms with Crippen LogP contribution in [0.3, 0.4) is 0 Å². The third-order valence-corrected chi connectivity index (χ3v) is 2.84. The van der Waals surface area contributed by atoms with Crippen LogP contribution in [0.25, 0.3) is 0 Å². The van der Waals surface area contributed by atoms with E-state index >= 15 is 0 Å². The minimum absolute atomic E-state index is 0.0990. The first kappa shape index (κ1) is 16.1. The van der Waals surface area contributed by atoms with Crippen LogP contribution in [0.2, 0.25) is 0 Å². The van der Waals surface area contributed by atoms with Crippen molar-refractivity contribution in [1.82, 2.24) is 15.3 Å². The molecular weight excluding hydrogens is 238 g/mol. The summed E-state index contributed by atoms with van der Waals surface area (Å²) in [6.45, 7) is 14.7. The van der Waals surface area contributed by atoms with E-state index in [4.69, 9.17) is 4.74 Å². The first-order chi connectivity index (χ1) is 8.83. The summed E-state index contributed by atoms with van der Waals surface area (Å²) in [7, 11) is 0. The second-order valence-corrected chi connectivity index (χ2v) is 5.95. The van der Waals surface area contributed by atoms with E-state index < -0.39 is 0 Å². The van der Waals surface area contributed by atoms with Crippen molar-refractivity contribution in [2.45, 2.75) is 66.7 Å². The predicted molar refractivity (Wildman–Crippen MR) is 78.0 cm³/mol. The molecule has 1 heterocycles. The van der Waals surface area contributed by atoms with Crippen molar-refractivity contribution in [1.29, 1.82) is 0 Å². The van der Waals surface area contributed by atoms with Gasteiger partial charge >= 0.3 is 0 Å². The number of rotatable bonds is 6. The molecule has 0 saturated carbocycles. The maximum absolute atomic E-state index is 5.49. The summed E-state index contributed by atoms with van der Waals surface area (Å²) in [5.41, 5.74) is 3.37. The fourth-order valence-corrected chi connectivity index (χ4v) is 1.79. The Labute approximate surface area is 117 Å². The summed E-state index contributed by atoms with van der Waals surface area (Å²) in [5, 5.41) is 3.48. The summed E-state index contributed by atoms with van der Waals surface area (Å²) >= 11 is 0. The number of aryl methyl sites for hydroxylation is 2. The van der Waals surface area contributed by atoms with Crippen LogP contribution >= 0.6 is 0 Å². The lowest BCUT2D eigenvalue weighted by molar-refractivity contribution is 0.115. The molecular formula is C15H27N3O. The van der Waals surface area contributed by atoms with Gasteiger partial charge in [-0.05, 0) is 41.0 Å². The van der Waals surface area contributed by atoms with Crippen molar-refractivity contribution in [3.8, 4) is 0 Å². The van der Waals surface area contributed by atoms with E-state index in [1.165, 1.54) is 5.56 Å². The highest BCUT2D eigenvalue weighted by atomic mass is 16.5. The second kappa shape index (κ2) is 6.96. The Kier molecular flexibility index (Phi) is 5.88. The van der Waals surface area contributed by atoms with Gasteiger partial charge in [0.15, 0.2) is 5.82 Å². The molecule has 0 spiro atoms. The van der Waals surface area contributed by atoms with Crippen molar-refractivity contribution in [2.75, 3.05) is 6.61 Å². The molecule has 0 aliphatic rings. The quantitative estimate of drug-likeness (QED) is 0.803. The van der Waals surface area contributed by atoms with Crippen molar-refractivity contribution < 1.29 is 4.74 Å². The van der Waals surface area contributed by atoms with Crippen LogP contribution in [-0.2, 0) is 17.9 Å². The minimum Gasteiger partial charge on any atom is -0.373 e. The van der Waals surface area contributed by atoms with Crippen molar-refractivity contribution in [3.63, 3.8) is 0 Å². The Morgan fingerprint density at radius 3 is 2.16 bits per heavy atom. The predicted octanol–water partition coefficient (Wildman–Crippen LogP) is 2.91. The molecule has 0 amide bonds. The van der Waals surface area contributed by atoms with Gasteiger partial charge in [-0.2, -0.15) is 0 Å². The third kappa shape index (κ3) is 5.66. The molecule has 108 valence electrons. The molecule has 0 aromatic carbocycles. The number of nitrogens with one attached hydrogen (secondary N) is 1. The van der Waals surface area contributed by atoms with Gasteiger partial charge in [-0.3, -0.25) is 0 Å². The zero-order valence-corrected chi connectivity index (χ0v) is 13.1. The second-order valence-electron chi connectivity index (χ2n) is 5.95. The van der Waals surface area contributed by atoms with E-state index in [0.717, 1.165) is 36.8 Å². The molecule has 0 bridgehead atoms. The molecule has 1 aromatic heterocycles. The Hall–Kier alpha value is -1.00. The van der Waals surface area contributed by atoms with E-state index in [1.54, 1.807) is 0 Å². The molecule has 0 radical (unpaired) electrons. The topological polar surface area (TPSA) is 47.0 Å². The maximum atomic E-state index is 5.49. The Morgan fingerprint density at radius 2 is 1.68 bits per heavy atom. The molecule has 19 heavy (non-hydrogen) atoms. The monoisotopic (exact) mass is 265 g/mol. The van der Waals surface area contributed by atoms with Gasteiger partial charge in [-0.25, -0.2) is 9.97 Å². The number of ether oxygens (including phenoxy) is 1. The molecule has 0 aliphatic heterocycles. The van der Waals surface area contributed by atoms with Crippen molar-refractivity contribution >= 4 is 0 Å². The van der Waals surface area contributed by atoms with E-state index in [-0.39, 0.29) is 5.54 Å². The zero-order valence-electron chi connectivity index (χ0n) is 13.1. The van der Waals surface area contributed by atoms with Gasteiger partial charge in [0.2, 0.25) is 0 Å². The lowest BCUT2D eigenvalue weighted by Crippen LogP contribution is -2.35. The highest BCUT2D eigenvalue weighted by molar-refractivity contribution is 5.24. The van der Waals surface area contributed by atoms with E-state index in [2.05, 4.69) is 43.0 Å². The largest absolute Gasteiger partial charge is 0.373 e. The van der Waals surface area contributed by atoms with Crippen LogP contribution in [-0.4, -0.2) is 22.1 Å². The Bertz CT molecular complexity index is 387. The fourth-order valence-electron chi connectivity index (χ4n) is 1.79.